The van der Waals surface area contributed by atoms with E-state index in [9.17, 15) is 4.79 Å². The number of anilines is 1. The summed E-state index contributed by atoms with van der Waals surface area (Å²) in [5, 5.41) is 6.22. The van der Waals surface area contributed by atoms with E-state index in [-0.39, 0.29) is 6.03 Å². The number of nitrogens with zero attached hydrogens (tertiary/aromatic N) is 1. The average Bonchev–Trinajstić information content (AvgIpc) is 2.47. The van der Waals surface area contributed by atoms with Crippen LogP contribution in [0.2, 0.25) is 0 Å². The molecule has 2 N–H and O–H groups in total. The van der Waals surface area contributed by atoms with Crippen LogP contribution in [-0.4, -0.2) is 30.6 Å². The monoisotopic (exact) mass is 289 g/mol. The smallest absolute Gasteiger partial charge is 0.322 e. The van der Waals surface area contributed by atoms with Gasteiger partial charge in [0.15, 0.2) is 0 Å². The number of benzene rings is 1. The molecule has 0 spiro atoms. The Morgan fingerprint density at radius 2 is 1.95 bits per heavy atom. The molecule has 0 bridgehead atoms. The minimum absolute atomic E-state index is 0.0174. The minimum Gasteiger partial charge on any atom is -0.322 e. The van der Waals surface area contributed by atoms with Gasteiger partial charge in [0.05, 0.1) is 0 Å². The Labute approximate surface area is 127 Å². The van der Waals surface area contributed by atoms with Crippen LogP contribution >= 0.6 is 0 Å². The lowest BCUT2D eigenvalue weighted by atomic mass is 9.94. The molecule has 1 saturated heterocycles. The number of piperidine rings is 1. The number of likely N-dealkylation sites (tertiary alicyclic amines) is 1. The lowest BCUT2D eigenvalue weighted by Gasteiger charge is -2.36. The van der Waals surface area contributed by atoms with Crippen LogP contribution in [0, 0.1) is 5.92 Å². The fourth-order valence-corrected chi connectivity index (χ4v) is 2.93. The van der Waals surface area contributed by atoms with Crippen molar-refractivity contribution in [1.29, 1.82) is 0 Å². The van der Waals surface area contributed by atoms with Crippen LogP contribution in [-0.2, 0) is 0 Å². The number of rotatable bonds is 3. The quantitative estimate of drug-likeness (QED) is 0.892. The zero-order chi connectivity index (χ0) is 15.4. The van der Waals surface area contributed by atoms with Crippen molar-refractivity contribution in [3.63, 3.8) is 0 Å². The maximum absolute atomic E-state index is 12.4. The average molecular weight is 289 g/mol. The molecule has 0 saturated carbocycles. The molecule has 1 fully saturated rings. The van der Waals surface area contributed by atoms with Crippen molar-refractivity contribution in [3.8, 4) is 0 Å². The number of nitrogens with one attached hydrogen (secondary N) is 2. The topological polar surface area (TPSA) is 44.4 Å². The molecule has 4 heteroatoms. The van der Waals surface area contributed by atoms with Gasteiger partial charge in [0.1, 0.15) is 0 Å². The maximum atomic E-state index is 12.4. The Morgan fingerprint density at radius 1 is 1.29 bits per heavy atom. The van der Waals surface area contributed by atoms with E-state index in [1.807, 2.05) is 24.1 Å². The van der Waals surface area contributed by atoms with Crippen LogP contribution in [0.4, 0.5) is 10.5 Å². The van der Waals surface area contributed by atoms with Gasteiger partial charge in [-0.3, -0.25) is 0 Å². The zero-order valence-corrected chi connectivity index (χ0v) is 13.5. The van der Waals surface area contributed by atoms with Crippen molar-refractivity contribution >= 4 is 11.7 Å². The molecule has 1 aromatic rings. The molecule has 4 nitrogen and oxygen atoms in total. The lowest BCUT2D eigenvalue weighted by molar-refractivity contribution is 0.150. The van der Waals surface area contributed by atoms with E-state index in [1.54, 1.807) is 0 Å². The van der Waals surface area contributed by atoms with Gasteiger partial charge in [-0.2, -0.15) is 0 Å². The fraction of sp³-hybridized carbons (Fsp3) is 0.588. The summed E-state index contributed by atoms with van der Waals surface area (Å²) in [5.41, 5.74) is 2.08. The zero-order valence-electron chi connectivity index (χ0n) is 13.5. The Morgan fingerprint density at radius 3 is 2.52 bits per heavy atom. The molecule has 0 aliphatic carbocycles. The largest absolute Gasteiger partial charge is 0.322 e. The Hall–Kier alpha value is -1.55. The molecule has 1 aromatic carbocycles. The summed E-state index contributed by atoms with van der Waals surface area (Å²) in [5.74, 6) is 0.714. The second-order valence-corrected chi connectivity index (χ2v) is 6.23. The molecule has 116 valence electrons. The van der Waals surface area contributed by atoms with Gasteiger partial charge in [-0.25, -0.2) is 4.79 Å². The highest BCUT2D eigenvalue weighted by Gasteiger charge is 2.26. The second kappa shape index (κ2) is 6.94. The van der Waals surface area contributed by atoms with Gasteiger partial charge in [-0.05, 0) is 57.4 Å². The Bertz CT molecular complexity index is 471. The van der Waals surface area contributed by atoms with Crippen molar-refractivity contribution in [3.05, 3.63) is 29.8 Å². The number of carbonyl (C=O) groups excluding carboxylic acids is 1. The first-order valence-electron chi connectivity index (χ1n) is 7.86. The maximum Gasteiger partial charge on any atom is 0.322 e. The first kappa shape index (κ1) is 15.8. The molecule has 3 unspecified atom stereocenters. The highest BCUT2D eigenvalue weighted by atomic mass is 16.2. The highest BCUT2D eigenvalue weighted by Crippen LogP contribution is 2.23. The molecule has 1 aliphatic heterocycles. The van der Waals surface area contributed by atoms with Crippen molar-refractivity contribution < 1.29 is 4.79 Å². The number of hydrogen-bond acceptors (Lipinski definition) is 2. The first-order valence-corrected chi connectivity index (χ1v) is 7.86. The van der Waals surface area contributed by atoms with E-state index in [4.69, 9.17) is 0 Å². The van der Waals surface area contributed by atoms with Crippen LogP contribution in [0.5, 0.6) is 0 Å². The summed E-state index contributed by atoms with van der Waals surface area (Å²) in [6.07, 6.45) is 2.18. The molecular weight excluding hydrogens is 262 g/mol. The van der Waals surface area contributed by atoms with Gasteiger partial charge in [0.25, 0.3) is 0 Å². The van der Waals surface area contributed by atoms with Crippen molar-refractivity contribution in [2.45, 2.75) is 45.7 Å². The van der Waals surface area contributed by atoms with E-state index >= 15 is 0 Å². The summed E-state index contributed by atoms with van der Waals surface area (Å²) < 4.78 is 0. The summed E-state index contributed by atoms with van der Waals surface area (Å²) in [6, 6.07) is 8.70. The normalized spacial score (nSPS) is 23.7. The summed E-state index contributed by atoms with van der Waals surface area (Å²) in [6.45, 7) is 7.35. The third-order valence-electron chi connectivity index (χ3n) is 4.49. The highest BCUT2D eigenvalue weighted by molar-refractivity contribution is 5.89. The Kier molecular flexibility index (Phi) is 5.23. The SMILES string of the molecule is CNC(C)c1ccc(NC(=O)N2CCC(C)CC2C)cc1. The van der Waals surface area contributed by atoms with Crippen LogP contribution in [0.25, 0.3) is 0 Å². The number of carbonyl (C=O) groups is 1. The third-order valence-corrected chi connectivity index (χ3v) is 4.49. The molecule has 1 aliphatic rings. The number of hydrogen-bond donors (Lipinski definition) is 2. The summed E-state index contributed by atoms with van der Waals surface area (Å²) in [7, 11) is 1.94. The van der Waals surface area contributed by atoms with Crippen molar-refractivity contribution in [2.24, 2.45) is 5.92 Å². The van der Waals surface area contributed by atoms with E-state index < -0.39 is 0 Å². The summed E-state index contributed by atoms with van der Waals surface area (Å²) in [4.78, 5) is 14.3. The fourth-order valence-electron chi connectivity index (χ4n) is 2.93. The van der Waals surface area contributed by atoms with E-state index in [2.05, 4.69) is 43.5 Å². The van der Waals surface area contributed by atoms with E-state index in [0.717, 1.165) is 25.1 Å². The molecule has 3 atom stereocenters. The lowest BCUT2D eigenvalue weighted by Crippen LogP contribution is -2.46. The van der Waals surface area contributed by atoms with Crippen LogP contribution in [0.1, 0.15) is 45.2 Å². The van der Waals surface area contributed by atoms with Gasteiger partial charge < -0.3 is 15.5 Å². The molecule has 1 heterocycles. The predicted molar refractivity (Wildman–Crippen MR) is 87.5 cm³/mol. The van der Waals surface area contributed by atoms with Gasteiger partial charge >= 0.3 is 6.03 Å². The minimum atomic E-state index is 0.0174. The standard InChI is InChI=1S/C17H27N3O/c1-12-9-10-20(13(2)11-12)17(21)19-16-7-5-15(6-8-16)14(3)18-4/h5-8,12-14,18H,9-11H2,1-4H3,(H,19,21). The molecule has 2 rings (SSSR count). The van der Waals surface area contributed by atoms with E-state index in [1.165, 1.54) is 5.56 Å². The van der Waals surface area contributed by atoms with Gasteiger partial charge in [0.2, 0.25) is 0 Å². The van der Waals surface area contributed by atoms with Crippen LogP contribution in [0.15, 0.2) is 24.3 Å². The third kappa shape index (κ3) is 3.97. The Balaban J connectivity index is 1.96. The second-order valence-electron chi connectivity index (χ2n) is 6.23. The molecule has 0 aromatic heterocycles. The molecule has 0 radical (unpaired) electrons. The van der Waals surface area contributed by atoms with Crippen molar-refractivity contribution in [2.75, 3.05) is 18.9 Å². The molecule has 2 amide bonds. The van der Waals surface area contributed by atoms with Gasteiger partial charge in [-0.1, -0.05) is 19.1 Å². The van der Waals surface area contributed by atoms with Crippen LogP contribution < -0.4 is 10.6 Å². The van der Waals surface area contributed by atoms with Gasteiger partial charge in [-0.15, -0.1) is 0 Å². The van der Waals surface area contributed by atoms with Crippen LogP contribution in [0.3, 0.4) is 0 Å². The number of urea groups is 1. The predicted octanol–water partition coefficient (Wildman–Crippen LogP) is 3.62. The van der Waals surface area contributed by atoms with Gasteiger partial charge in [0, 0.05) is 24.3 Å². The molecule has 21 heavy (non-hydrogen) atoms. The van der Waals surface area contributed by atoms with E-state index in [0.29, 0.717) is 18.0 Å². The molecular formula is C17H27N3O. The first-order chi connectivity index (χ1) is 10.0. The number of amides is 2. The summed E-state index contributed by atoms with van der Waals surface area (Å²) >= 11 is 0. The van der Waals surface area contributed by atoms with Crippen molar-refractivity contribution in [1.82, 2.24) is 10.2 Å².